The molecule has 8 aromatic carbocycles. The van der Waals surface area contributed by atoms with E-state index >= 15 is 0 Å². The maximum atomic E-state index is 2.52. The average Bonchev–Trinajstić information content (AvgIpc) is 3.67. The summed E-state index contributed by atoms with van der Waals surface area (Å²) in [6.45, 7) is 11.7. The second-order valence-electron chi connectivity index (χ2n) is 16.6. The molecule has 0 fully saturated rings. The molecule has 1 heterocycles. The summed E-state index contributed by atoms with van der Waals surface area (Å²) in [6.07, 6.45) is 0. The second kappa shape index (κ2) is 12.3. The Morgan fingerprint density at radius 2 is 1.05 bits per heavy atom. The topological polar surface area (TPSA) is 8.17 Å². The normalized spacial score (nSPS) is 13.3. The van der Waals surface area contributed by atoms with Crippen LogP contribution in [0.5, 0.6) is 0 Å². The molecule has 0 aliphatic heterocycles. The van der Waals surface area contributed by atoms with E-state index in [2.05, 4.69) is 220 Å². The van der Waals surface area contributed by atoms with Crippen LogP contribution >= 0.6 is 0 Å². The molecule has 0 saturated heterocycles. The smallest absolute Gasteiger partial charge is 0.0517 e. The zero-order valence-corrected chi connectivity index (χ0v) is 32.1. The highest BCUT2D eigenvalue weighted by molar-refractivity contribution is 6.10. The zero-order valence-electron chi connectivity index (χ0n) is 32.1. The fraction of sp³-hybridized carbons (Fsp3) is 0.132. The molecule has 266 valence electrons. The van der Waals surface area contributed by atoms with Gasteiger partial charge in [0.25, 0.3) is 0 Å². The maximum absolute atomic E-state index is 2.52. The van der Waals surface area contributed by atoms with Gasteiger partial charge in [0.15, 0.2) is 0 Å². The highest BCUT2D eigenvalue weighted by Crippen LogP contribution is 2.54. The minimum Gasteiger partial charge on any atom is -0.335 e. The van der Waals surface area contributed by atoms with Crippen LogP contribution in [0.2, 0.25) is 0 Å². The summed E-state index contributed by atoms with van der Waals surface area (Å²) in [5.41, 5.74) is 16.0. The van der Waals surface area contributed by atoms with Gasteiger partial charge in [-0.2, -0.15) is 0 Å². The van der Waals surface area contributed by atoms with E-state index in [4.69, 9.17) is 0 Å². The van der Waals surface area contributed by atoms with E-state index < -0.39 is 0 Å². The first-order valence-electron chi connectivity index (χ1n) is 19.4. The van der Waals surface area contributed by atoms with Gasteiger partial charge in [0.05, 0.1) is 5.52 Å². The van der Waals surface area contributed by atoms with Crippen LogP contribution in [0.15, 0.2) is 176 Å². The minimum absolute atomic E-state index is 0.117. The first-order chi connectivity index (χ1) is 26.7. The molecule has 0 amide bonds. The molecule has 10 rings (SSSR count). The lowest BCUT2D eigenvalue weighted by molar-refractivity contribution is 0.423. The molecule has 0 unspecified atom stereocenters. The molecule has 55 heavy (non-hydrogen) atoms. The lowest BCUT2D eigenvalue weighted by Crippen LogP contribution is -2.21. The van der Waals surface area contributed by atoms with Crippen LogP contribution < -0.4 is 4.90 Å². The van der Waals surface area contributed by atoms with Crippen LogP contribution in [-0.2, 0) is 11.0 Å². The van der Waals surface area contributed by atoms with Gasteiger partial charge in [-0.3, -0.25) is 0 Å². The van der Waals surface area contributed by atoms with Gasteiger partial charge in [0, 0.05) is 44.3 Å². The van der Waals surface area contributed by atoms with E-state index in [9.17, 15) is 0 Å². The number of para-hydroxylation sites is 1. The van der Waals surface area contributed by atoms with E-state index in [-0.39, 0.29) is 11.0 Å². The third-order valence-corrected chi connectivity index (χ3v) is 11.8. The summed E-state index contributed by atoms with van der Waals surface area (Å²) in [5.74, 6) is 0. The van der Waals surface area contributed by atoms with Crippen molar-refractivity contribution >= 4 is 49.6 Å². The van der Waals surface area contributed by atoms with Crippen LogP contribution in [-0.4, -0.2) is 4.57 Å². The van der Waals surface area contributed by atoms with Crippen molar-refractivity contribution in [1.82, 2.24) is 4.57 Å². The third kappa shape index (κ3) is 5.23. The zero-order chi connectivity index (χ0) is 37.5. The van der Waals surface area contributed by atoms with Crippen molar-refractivity contribution in [3.63, 3.8) is 0 Å². The van der Waals surface area contributed by atoms with Crippen molar-refractivity contribution in [2.75, 3.05) is 4.90 Å². The molecule has 2 heteroatoms. The van der Waals surface area contributed by atoms with E-state index in [1.165, 1.54) is 77.1 Å². The van der Waals surface area contributed by atoms with Crippen molar-refractivity contribution in [2.24, 2.45) is 0 Å². The number of anilines is 3. The largest absolute Gasteiger partial charge is 0.335 e. The lowest BCUT2D eigenvalue weighted by atomic mass is 9.81. The van der Waals surface area contributed by atoms with E-state index in [0.717, 1.165) is 17.1 Å². The molecule has 2 nitrogen and oxygen atoms in total. The number of hydrogen-bond acceptors (Lipinski definition) is 1. The second-order valence-corrected chi connectivity index (χ2v) is 16.6. The van der Waals surface area contributed by atoms with Crippen LogP contribution in [0.3, 0.4) is 0 Å². The number of nitrogens with zero attached hydrogens (tertiary/aromatic N) is 2. The van der Waals surface area contributed by atoms with Gasteiger partial charge in [0.2, 0.25) is 0 Å². The summed E-state index contributed by atoms with van der Waals surface area (Å²) in [5, 5.41) is 5.03. The highest BCUT2D eigenvalue weighted by atomic mass is 15.1. The Kier molecular flexibility index (Phi) is 7.44. The number of aromatic nitrogens is 1. The summed E-state index contributed by atoms with van der Waals surface area (Å²) in [7, 11) is 0. The first-order valence-corrected chi connectivity index (χ1v) is 19.4. The first kappa shape index (κ1) is 33.2. The molecule has 0 spiro atoms. The van der Waals surface area contributed by atoms with Gasteiger partial charge in [-0.15, -0.1) is 0 Å². The van der Waals surface area contributed by atoms with Gasteiger partial charge in [-0.05, 0) is 119 Å². The molecular weight excluding hydrogens is 665 g/mol. The molecule has 0 radical (unpaired) electrons. The number of rotatable bonds is 5. The monoisotopic (exact) mass is 708 g/mol. The van der Waals surface area contributed by atoms with Crippen LogP contribution in [0.4, 0.5) is 17.1 Å². The fourth-order valence-electron chi connectivity index (χ4n) is 9.32. The molecule has 0 N–H and O–H groups in total. The van der Waals surface area contributed by atoms with Crippen LogP contribution in [0.25, 0.3) is 66.0 Å². The Bertz CT molecular complexity index is 2920. The van der Waals surface area contributed by atoms with Crippen molar-refractivity contribution in [3.05, 3.63) is 187 Å². The van der Waals surface area contributed by atoms with Crippen molar-refractivity contribution in [1.29, 1.82) is 0 Å². The fourth-order valence-corrected chi connectivity index (χ4v) is 9.32. The van der Waals surface area contributed by atoms with Gasteiger partial charge >= 0.3 is 0 Å². The van der Waals surface area contributed by atoms with Crippen molar-refractivity contribution in [3.8, 4) is 33.4 Å². The molecule has 9 aromatic rings. The predicted octanol–water partition coefficient (Wildman–Crippen LogP) is 14.8. The minimum atomic E-state index is -0.182. The molecule has 1 aliphatic carbocycles. The summed E-state index contributed by atoms with van der Waals surface area (Å²) in [4.78, 5) is 2.49. The molecule has 0 saturated carbocycles. The van der Waals surface area contributed by atoms with Crippen LogP contribution in [0.1, 0.15) is 45.7 Å². The number of fused-ring (bicyclic) bond motifs is 7. The molecule has 1 aliphatic rings. The quantitative estimate of drug-likeness (QED) is 0.173. The Hall–Kier alpha value is -6.38. The predicted molar refractivity (Wildman–Crippen MR) is 235 cm³/mol. The van der Waals surface area contributed by atoms with E-state index in [1.807, 2.05) is 0 Å². The Balaban J connectivity index is 1.24. The Morgan fingerprint density at radius 1 is 0.436 bits per heavy atom. The summed E-state index contributed by atoms with van der Waals surface area (Å²) in [6, 6.07) is 65.1. The standard InChI is InChI=1S/C53H44N2/c1-52(2,3)55-49-26-15-14-23-43(49)44-29-27-39(34-50(44)55)54(40-31-37-21-12-13-22-41(37)46(32-40)36-19-10-7-11-20-36)38-28-30-45-48(33-38)53(4,5)47-25-16-24-42(51(45)47)35-17-8-6-9-18-35/h6-34H,1-5H3. The number of benzene rings is 8. The van der Waals surface area contributed by atoms with Gasteiger partial charge < -0.3 is 9.47 Å². The Labute approximate surface area is 323 Å². The highest BCUT2D eigenvalue weighted by Gasteiger charge is 2.37. The molecule has 0 atom stereocenters. The third-order valence-electron chi connectivity index (χ3n) is 11.8. The molecule has 0 bridgehead atoms. The van der Waals surface area contributed by atoms with Crippen LogP contribution in [0, 0.1) is 0 Å². The molecular formula is C53H44N2. The van der Waals surface area contributed by atoms with Gasteiger partial charge in [-0.1, -0.05) is 147 Å². The Morgan fingerprint density at radius 3 is 1.80 bits per heavy atom. The maximum Gasteiger partial charge on any atom is 0.0517 e. The van der Waals surface area contributed by atoms with Crippen molar-refractivity contribution < 1.29 is 0 Å². The summed E-state index contributed by atoms with van der Waals surface area (Å²) < 4.78 is 2.52. The van der Waals surface area contributed by atoms with Gasteiger partial charge in [-0.25, -0.2) is 0 Å². The van der Waals surface area contributed by atoms with Gasteiger partial charge in [0.1, 0.15) is 0 Å². The average molecular weight is 709 g/mol. The van der Waals surface area contributed by atoms with E-state index in [1.54, 1.807) is 0 Å². The van der Waals surface area contributed by atoms with Crippen molar-refractivity contribution in [2.45, 2.75) is 45.6 Å². The molecule has 1 aromatic heterocycles. The summed E-state index contributed by atoms with van der Waals surface area (Å²) >= 11 is 0. The SMILES string of the molecule is CC1(C)c2cc(N(c3cc(-c4ccccc4)c4ccccc4c3)c3ccc4c5ccccc5n(C(C)(C)C)c4c3)ccc2-c2c(-c3ccccc3)cccc21. The number of hydrogen-bond donors (Lipinski definition) is 0. The lowest BCUT2D eigenvalue weighted by Gasteiger charge is -2.30. The van der Waals surface area contributed by atoms with E-state index in [0.29, 0.717) is 0 Å².